The molecule has 0 unspecified atom stereocenters. The van der Waals surface area contributed by atoms with E-state index in [1.807, 2.05) is 12.1 Å². The fraction of sp³-hybridized carbons (Fsp3) is 0.480. The Balaban J connectivity index is 1.61. The second-order valence-electron chi connectivity index (χ2n) is 8.39. The molecule has 1 saturated heterocycles. The van der Waals surface area contributed by atoms with Crippen molar-refractivity contribution in [1.29, 1.82) is 0 Å². The predicted molar refractivity (Wildman–Crippen MR) is 124 cm³/mol. The van der Waals surface area contributed by atoms with E-state index in [-0.39, 0.29) is 5.91 Å². The summed E-state index contributed by atoms with van der Waals surface area (Å²) in [5.41, 5.74) is 2.50. The molecule has 168 valence electrons. The number of carbonyl (C=O) groups excluding carboxylic acids is 1. The molecule has 1 fully saturated rings. The van der Waals surface area contributed by atoms with E-state index in [2.05, 4.69) is 36.3 Å². The molecule has 1 N–H and O–H groups in total. The topological polar surface area (TPSA) is 60.0 Å². The van der Waals surface area contributed by atoms with E-state index in [4.69, 9.17) is 14.2 Å². The monoisotopic (exact) mass is 426 g/mol. The van der Waals surface area contributed by atoms with Gasteiger partial charge in [-0.3, -0.25) is 4.79 Å². The van der Waals surface area contributed by atoms with Crippen LogP contribution in [0.5, 0.6) is 17.2 Å². The van der Waals surface area contributed by atoms with E-state index in [0.29, 0.717) is 22.8 Å². The lowest BCUT2D eigenvalue weighted by molar-refractivity contribution is 0.102. The molecule has 2 aromatic carbocycles. The van der Waals surface area contributed by atoms with Crippen molar-refractivity contribution in [3.63, 3.8) is 0 Å². The van der Waals surface area contributed by atoms with Gasteiger partial charge in [-0.05, 0) is 74.5 Å². The van der Waals surface area contributed by atoms with Gasteiger partial charge in [-0.1, -0.05) is 19.1 Å². The van der Waals surface area contributed by atoms with Crippen molar-refractivity contribution in [3.8, 4) is 17.2 Å². The molecule has 1 aliphatic heterocycles. The van der Waals surface area contributed by atoms with Gasteiger partial charge in [0.05, 0.1) is 21.3 Å². The van der Waals surface area contributed by atoms with Gasteiger partial charge in [0.25, 0.3) is 5.91 Å². The van der Waals surface area contributed by atoms with E-state index < -0.39 is 0 Å². The number of nitrogens with one attached hydrogen (secondary N) is 1. The van der Waals surface area contributed by atoms with Crippen LogP contribution in [0.3, 0.4) is 0 Å². The molecule has 0 bridgehead atoms. The summed E-state index contributed by atoms with van der Waals surface area (Å²) in [5, 5.41) is 2.95. The largest absolute Gasteiger partial charge is 0.493 e. The summed E-state index contributed by atoms with van der Waals surface area (Å²) >= 11 is 0. The van der Waals surface area contributed by atoms with Crippen molar-refractivity contribution in [3.05, 3.63) is 47.5 Å². The lowest BCUT2D eigenvalue weighted by atomic mass is 9.83. The summed E-state index contributed by atoms with van der Waals surface area (Å²) in [7, 11) is 6.81. The first-order valence-corrected chi connectivity index (χ1v) is 10.8. The molecule has 2 atom stereocenters. The third kappa shape index (κ3) is 5.70. The predicted octanol–water partition coefficient (Wildman–Crippen LogP) is 4.49. The summed E-state index contributed by atoms with van der Waals surface area (Å²) < 4.78 is 16.0. The zero-order chi connectivity index (χ0) is 22.4. The Hall–Kier alpha value is -2.73. The molecule has 0 radical (unpaired) electrons. The number of methoxy groups -OCH3 is 3. The summed E-state index contributed by atoms with van der Waals surface area (Å²) in [6.45, 7) is 4.75. The molecular weight excluding hydrogens is 392 g/mol. The van der Waals surface area contributed by atoms with Crippen LogP contribution in [0.15, 0.2) is 36.4 Å². The Morgan fingerprint density at radius 1 is 1.06 bits per heavy atom. The Bertz CT molecular complexity index is 857. The summed E-state index contributed by atoms with van der Waals surface area (Å²) in [5.74, 6) is 2.67. The van der Waals surface area contributed by atoms with E-state index in [9.17, 15) is 4.79 Å². The average molecular weight is 427 g/mol. The minimum Gasteiger partial charge on any atom is -0.493 e. The number of rotatable bonds is 8. The molecule has 2 aromatic rings. The van der Waals surface area contributed by atoms with Crippen LogP contribution in [0.2, 0.25) is 0 Å². The van der Waals surface area contributed by atoms with Crippen LogP contribution in [0, 0.1) is 11.8 Å². The van der Waals surface area contributed by atoms with Crippen molar-refractivity contribution >= 4 is 11.6 Å². The van der Waals surface area contributed by atoms with Crippen molar-refractivity contribution in [2.24, 2.45) is 11.8 Å². The van der Waals surface area contributed by atoms with Crippen LogP contribution in [0.25, 0.3) is 0 Å². The molecule has 0 aromatic heterocycles. The first-order valence-electron chi connectivity index (χ1n) is 10.8. The van der Waals surface area contributed by atoms with Crippen LogP contribution >= 0.6 is 0 Å². The normalized spacial score (nSPS) is 19.0. The number of hydrogen-bond acceptors (Lipinski definition) is 5. The number of piperidine rings is 1. The van der Waals surface area contributed by atoms with Crippen molar-refractivity contribution in [2.45, 2.75) is 26.2 Å². The first kappa shape index (κ1) is 22.9. The number of carbonyl (C=O) groups is 1. The second-order valence-corrected chi connectivity index (χ2v) is 8.39. The Morgan fingerprint density at radius 3 is 2.26 bits per heavy atom. The lowest BCUT2D eigenvalue weighted by Crippen LogP contribution is -2.36. The van der Waals surface area contributed by atoms with Crippen molar-refractivity contribution in [2.75, 3.05) is 46.8 Å². The van der Waals surface area contributed by atoms with Crippen LogP contribution in [-0.4, -0.2) is 52.3 Å². The Morgan fingerprint density at radius 2 is 1.71 bits per heavy atom. The SMILES string of the molecule is COc1cc(C(=O)Nc2ccc(CC[C@H]3CCN(C)C[C@@H]3C)cc2)cc(OC)c1OC. The number of nitrogens with zero attached hydrogens (tertiary/aromatic N) is 1. The number of amides is 1. The first-order chi connectivity index (χ1) is 14.9. The molecule has 1 heterocycles. The maximum atomic E-state index is 12.8. The smallest absolute Gasteiger partial charge is 0.255 e. The number of benzene rings is 2. The zero-order valence-electron chi connectivity index (χ0n) is 19.2. The molecule has 1 amide bonds. The average Bonchev–Trinajstić information content (AvgIpc) is 2.78. The summed E-state index contributed by atoms with van der Waals surface area (Å²) in [4.78, 5) is 15.2. The molecule has 1 aliphatic rings. The highest BCUT2D eigenvalue weighted by atomic mass is 16.5. The number of likely N-dealkylation sites (tertiary alicyclic amines) is 1. The number of hydrogen-bond donors (Lipinski definition) is 1. The quantitative estimate of drug-likeness (QED) is 0.674. The zero-order valence-corrected chi connectivity index (χ0v) is 19.2. The Labute approximate surface area is 185 Å². The van der Waals surface area contributed by atoms with Crippen molar-refractivity contribution < 1.29 is 19.0 Å². The maximum absolute atomic E-state index is 12.8. The molecule has 0 spiro atoms. The van der Waals surface area contributed by atoms with Gasteiger partial charge in [0.2, 0.25) is 5.75 Å². The minimum absolute atomic E-state index is 0.229. The summed E-state index contributed by atoms with van der Waals surface area (Å²) in [6.07, 6.45) is 3.56. The maximum Gasteiger partial charge on any atom is 0.255 e. The summed E-state index contributed by atoms with van der Waals surface area (Å²) in [6, 6.07) is 11.4. The molecule has 31 heavy (non-hydrogen) atoms. The number of ether oxygens (including phenoxy) is 3. The molecular formula is C25H34N2O4. The van der Waals surface area contributed by atoms with E-state index >= 15 is 0 Å². The van der Waals surface area contributed by atoms with E-state index in [1.165, 1.54) is 52.8 Å². The van der Waals surface area contributed by atoms with Gasteiger partial charge in [-0.15, -0.1) is 0 Å². The van der Waals surface area contributed by atoms with Crippen LogP contribution in [0.4, 0.5) is 5.69 Å². The standard InChI is InChI=1S/C25H34N2O4/c1-17-16-27(2)13-12-19(17)9-6-18-7-10-21(11-8-18)26-25(28)20-14-22(29-3)24(31-5)23(15-20)30-4/h7-8,10-11,14-15,17,19H,6,9,12-13,16H2,1-5H3,(H,26,28)/t17-,19-/m0/s1. The highest BCUT2D eigenvalue weighted by molar-refractivity contribution is 6.05. The van der Waals surface area contributed by atoms with Gasteiger partial charge in [0.1, 0.15) is 0 Å². The van der Waals surface area contributed by atoms with Gasteiger partial charge >= 0.3 is 0 Å². The molecule has 6 nitrogen and oxygen atoms in total. The highest BCUT2D eigenvalue weighted by Crippen LogP contribution is 2.38. The fourth-order valence-corrected chi connectivity index (χ4v) is 4.35. The number of aryl methyl sites for hydroxylation is 1. The van der Waals surface area contributed by atoms with Crippen LogP contribution in [0.1, 0.15) is 35.7 Å². The third-order valence-corrected chi connectivity index (χ3v) is 6.23. The third-order valence-electron chi connectivity index (χ3n) is 6.23. The molecule has 6 heteroatoms. The highest BCUT2D eigenvalue weighted by Gasteiger charge is 2.23. The van der Waals surface area contributed by atoms with Gasteiger partial charge in [0.15, 0.2) is 11.5 Å². The number of anilines is 1. The second kappa shape index (κ2) is 10.5. The van der Waals surface area contributed by atoms with E-state index in [0.717, 1.165) is 23.9 Å². The molecule has 0 saturated carbocycles. The molecule has 0 aliphatic carbocycles. The van der Waals surface area contributed by atoms with Gasteiger partial charge < -0.3 is 24.4 Å². The van der Waals surface area contributed by atoms with Crippen molar-refractivity contribution in [1.82, 2.24) is 4.90 Å². The van der Waals surface area contributed by atoms with E-state index in [1.54, 1.807) is 12.1 Å². The minimum atomic E-state index is -0.229. The van der Waals surface area contributed by atoms with Crippen LogP contribution in [-0.2, 0) is 6.42 Å². The van der Waals surface area contributed by atoms with Crippen LogP contribution < -0.4 is 19.5 Å². The fourth-order valence-electron chi connectivity index (χ4n) is 4.35. The van der Waals surface area contributed by atoms with Gasteiger partial charge in [-0.2, -0.15) is 0 Å². The molecule has 3 rings (SSSR count). The van der Waals surface area contributed by atoms with Gasteiger partial charge in [-0.25, -0.2) is 0 Å². The Kier molecular flexibility index (Phi) is 7.80. The lowest BCUT2D eigenvalue weighted by Gasteiger charge is -2.34. The van der Waals surface area contributed by atoms with Gasteiger partial charge in [0, 0.05) is 17.8 Å².